The van der Waals surface area contributed by atoms with Crippen LogP contribution in [-0.4, -0.2) is 26.0 Å². The molecule has 2 rings (SSSR count). The average molecular weight is 283 g/mol. The highest BCUT2D eigenvalue weighted by Gasteiger charge is 2.14. The molecule has 16 heavy (non-hydrogen) atoms. The lowest BCUT2D eigenvalue weighted by Gasteiger charge is -2.04. The Kier molecular flexibility index (Phi) is 2.66. The molecule has 0 aliphatic rings. The Hall–Kier alpha value is -1.82. The van der Waals surface area contributed by atoms with Crippen molar-refractivity contribution in [1.29, 1.82) is 0 Å². The number of nitrogens with zero attached hydrogens (tertiary/aromatic N) is 2. The van der Waals surface area contributed by atoms with Crippen molar-refractivity contribution in [3.05, 3.63) is 40.6 Å². The second-order valence-electron chi connectivity index (χ2n) is 3.06. The Morgan fingerprint density at radius 2 is 2.06 bits per heavy atom. The van der Waals surface area contributed by atoms with Gasteiger partial charge in [-0.25, -0.2) is 9.48 Å². The van der Waals surface area contributed by atoms with Gasteiger partial charge < -0.3 is 10.2 Å². The summed E-state index contributed by atoms with van der Waals surface area (Å²) in [5.41, 5.74) is 0.331. The first-order valence-electron chi connectivity index (χ1n) is 4.37. The van der Waals surface area contributed by atoms with Crippen molar-refractivity contribution in [3.63, 3.8) is 0 Å². The van der Waals surface area contributed by atoms with Crippen molar-refractivity contribution in [1.82, 2.24) is 9.78 Å². The number of para-hydroxylation sites is 2. The van der Waals surface area contributed by atoms with Gasteiger partial charge in [-0.2, -0.15) is 5.10 Å². The number of phenols is 1. The van der Waals surface area contributed by atoms with Crippen LogP contribution in [0.4, 0.5) is 0 Å². The van der Waals surface area contributed by atoms with Crippen molar-refractivity contribution < 1.29 is 15.0 Å². The van der Waals surface area contributed by atoms with Gasteiger partial charge in [-0.15, -0.1) is 0 Å². The van der Waals surface area contributed by atoms with E-state index in [0.717, 1.165) is 0 Å². The van der Waals surface area contributed by atoms with Crippen LogP contribution in [0.25, 0.3) is 5.69 Å². The van der Waals surface area contributed by atoms with Gasteiger partial charge in [0.2, 0.25) is 0 Å². The lowest BCUT2D eigenvalue weighted by Crippen LogP contribution is -2.01. The third kappa shape index (κ3) is 1.79. The van der Waals surface area contributed by atoms with E-state index in [2.05, 4.69) is 21.0 Å². The zero-order valence-electron chi connectivity index (χ0n) is 7.96. The Labute approximate surface area is 99.1 Å². The number of aromatic hydroxyl groups is 1. The van der Waals surface area contributed by atoms with Crippen LogP contribution in [0, 0.1) is 0 Å². The highest BCUT2D eigenvalue weighted by atomic mass is 79.9. The highest BCUT2D eigenvalue weighted by Crippen LogP contribution is 2.24. The number of halogens is 1. The van der Waals surface area contributed by atoms with Gasteiger partial charge in [-0.3, -0.25) is 0 Å². The number of carboxylic acids is 1. The number of carboxylic acid groups (broad SMARTS) is 1. The molecular formula is C10H7BrN2O3. The summed E-state index contributed by atoms with van der Waals surface area (Å²) in [6.07, 6.45) is 0. The zero-order valence-corrected chi connectivity index (χ0v) is 9.55. The van der Waals surface area contributed by atoms with Crippen LogP contribution in [-0.2, 0) is 0 Å². The predicted molar refractivity (Wildman–Crippen MR) is 59.9 cm³/mol. The van der Waals surface area contributed by atoms with E-state index >= 15 is 0 Å². The molecule has 1 aromatic heterocycles. The summed E-state index contributed by atoms with van der Waals surface area (Å²) in [5, 5.41) is 22.2. The second kappa shape index (κ2) is 3.97. The third-order valence-electron chi connectivity index (χ3n) is 1.99. The zero-order chi connectivity index (χ0) is 11.7. The predicted octanol–water partition coefficient (Wildman–Crippen LogP) is 2.04. The number of phenolic OH excluding ortho intramolecular Hbond substituents is 1. The van der Waals surface area contributed by atoms with Crippen molar-refractivity contribution in [2.75, 3.05) is 0 Å². The number of carbonyl (C=O) groups is 1. The summed E-state index contributed by atoms with van der Waals surface area (Å²) in [6, 6.07) is 7.91. The molecule has 0 saturated carbocycles. The first-order chi connectivity index (χ1) is 7.59. The molecule has 6 heteroatoms. The average Bonchev–Trinajstić information content (AvgIpc) is 2.61. The van der Waals surface area contributed by atoms with Crippen LogP contribution in [0.5, 0.6) is 5.75 Å². The molecule has 0 saturated heterocycles. The maximum atomic E-state index is 10.7. The Morgan fingerprint density at radius 1 is 1.38 bits per heavy atom. The van der Waals surface area contributed by atoms with Gasteiger partial charge in [-0.05, 0) is 28.1 Å². The number of benzene rings is 1. The second-order valence-corrected chi connectivity index (χ2v) is 3.87. The molecule has 0 unspecified atom stereocenters. The van der Waals surface area contributed by atoms with Crippen LogP contribution in [0.1, 0.15) is 10.5 Å². The van der Waals surface area contributed by atoms with Gasteiger partial charge in [0, 0.05) is 6.07 Å². The normalized spacial score (nSPS) is 10.3. The molecule has 0 radical (unpaired) electrons. The van der Waals surface area contributed by atoms with Gasteiger partial charge in [0.1, 0.15) is 16.0 Å². The summed E-state index contributed by atoms with van der Waals surface area (Å²) in [6.45, 7) is 0. The van der Waals surface area contributed by atoms with E-state index < -0.39 is 5.97 Å². The smallest absolute Gasteiger partial charge is 0.356 e. The fraction of sp³-hybridized carbons (Fsp3) is 0. The highest BCUT2D eigenvalue weighted by molar-refractivity contribution is 9.10. The van der Waals surface area contributed by atoms with Crippen molar-refractivity contribution in [2.45, 2.75) is 0 Å². The van der Waals surface area contributed by atoms with Gasteiger partial charge in [-0.1, -0.05) is 12.1 Å². The molecular weight excluding hydrogens is 276 g/mol. The lowest BCUT2D eigenvalue weighted by atomic mass is 10.3. The van der Waals surface area contributed by atoms with E-state index in [1.165, 1.54) is 16.8 Å². The van der Waals surface area contributed by atoms with Gasteiger partial charge in [0.25, 0.3) is 0 Å². The van der Waals surface area contributed by atoms with E-state index in [9.17, 15) is 9.90 Å². The molecule has 0 bridgehead atoms. The van der Waals surface area contributed by atoms with Crippen molar-refractivity contribution in [2.24, 2.45) is 0 Å². The molecule has 2 N–H and O–H groups in total. The molecule has 0 fully saturated rings. The maximum absolute atomic E-state index is 10.7. The largest absolute Gasteiger partial charge is 0.506 e. The Morgan fingerprint density at radius 3 is 2.62 bits per heavy atom. The van der Waals surface area contributed by atoms with Gasteiger partial charge in [0.05, 0.1) is 0 Å². The first kappa shape index (κ1) is 10.7. The molecule has 82 valence electrons. The van der Waals surface area contributed by atoms with Crippen molar-refractivity contribution in [3.8, 4) is 11.4 Å². The molecule has 0 amide bonds. The molecule has 0 aliphatic heterocycles. The van der Waals surface area contributed by atoms with E-state index in [4.69, 9.17) is 5.11 Å². The minimum absolute atomic E-state index is 0.0308. The van der Waals surface area contributed by atoms with Crippen LogP contribution >= 0.6 is 15.9 Å². The summed E-state index contributed by atoms with van der Waals surface area (Å²) in [7, 11) is 0. The number of rotatable bonds is 2. The van der Waals surface area contributed by atoms with Crippen LogP contribution in [0.3, 0.4) is 0 Å². The maximum Gasteiger partial charge on any atom is 0.356 e. The van der Waals surface area contributed by atoms with E-state index in [-0.39, 0.29) is 11.4 Å². The van der Waals surface area contributed by atoms with Crippen LogP contribution in [0.15, 0.2) is 34.9 Å². The minimum Gasteiger partial charge on any atom is -0.506 e. The topological polar surface area (TPSA) is 75.3 Å². The summed E-state index contributed by atoms with van der Waals surface area (Å²) >= 11 is 3.18. The van der Waals surface area contributed by atoms with E-state index in [1.807, 2.05) is 0 Å². The quantitative estimate of drug-likeness (QED) is 0.884. The third-order valence-corrected chi connectivity index (χ3v) is 2.56. The van der Waals surface area contributed by atoms with Gasteiger partial charge >= 0.3 is 5.97 Å². The number of aromatic nitrogens is 2. The number of hydrogen-bond acceptors (Lipinski definition) is 3. The fourth-order valence-corrected chi connectivity index (χ4v) is 1.76. The van der Waals surface area contributed by atoms with E-state index in [0.29, 0.717) is 10.3 Å². The summed E-state index contributed by atoms with van der Waals surface area (Å²) in [4.78, 5) is 10.7. The molecule has 2 aromatic rings. The number of hydrogen-bond donors (Lipinski definition) is 2. The van der Waals surface area contributed by atoms with Crippen LogP contribution in [0.2, 0.25) is 0 Å². The monoisotopic (exact) mass is 282 g/mol. The minimum atomic E-state index is -1.12. The molecule has 1 aromatic carbocycles. The van der Waals surface area contributed by atoms with Crippen molar-refractivity contribution >= 4 is 21.9 Å². The number of aromatic carboxylic acids is 1. The SMILES string of the molecule is O=C(O)c1cc(Br)n(-c2ccccc2O)n1. The molecule has 0 aliphatic carbocycles. The first-order valence-corrected chi connectivity index (χ1v) is 5.16. The molecule has 0 spiro atoms. The summed E-state index contributed by atoms with van der Waals surface area (Å²) in [5.74, 6) is -1.09. The molecule has 5 nitrogen and oxygen atoms in total. The Balaban J connectivity index is 2.57. The molecule has 1 heterocycles. The van der Waals surface area contributed by atoms with Crippen LogP contribution < -0.4 is 0 Å². The Bertz CT molecular complexity index is 551. The lowest BCUT2D eigenvalue weighted by molar-refractivity contribution is 0.0690. The summed E-state index contributed by atoms with van der Waals surface area (Å²) < 4.78 is 1.78. The van der Waals surface area contributed by atoms with E-state index in [1.54, 1.807) is 18.2 Å². The fourth-order valence-electron chi connectivity index (χ4n) is 1.28. The standard InChI is InChI=1S/C10H7BrN2O3/c11-9-5-6(10(15)16)12-13(9)7-3-1-2-4-8(7)14/h1-5,14H,(H,15,16). The van der Waals surface area contributed by atoms with Gasteiger partial charge in [0.15, 0.2) is 5.69 Å². The molecule has 0 atom stereocenters.